The third-order valence-electron chi connectivity index (χ3n) is 3.60. The Kier molecular flexibility index (Phi) is 4.59. The third-order valence-corrected chi connectivity index (χ3v) is 4.52. The second-order valence-corrected chi connectivity index (χ2v) is 6.37. The van der Waals surface area contributed by atoms with Crippen LogP contribution in [0.25, 0.3) is 11.5 Å². The zero-order valence-electron chi connectivity index (χ0n) is 13.6. The van der Waals surface area contributed by atoms with E-state index >= 15 is 0 Å². The number of pyridine rings is 1. The summed E-state index contributed by atoms with van der Waals surface area (Å²) in [5.41, 5.74) is 1.58. The predicted molar refractivity (Wildman–Crippen MR) is 90.2 cm³/mol. The molecule has 138 valence electrons. The smallest absolute Gasteiger partial charge is 0.431 e. The molecule has 0 fully saturated rings. The van der Waals surface area contributed by atoms with Crippen molar-refractivity contribution in [2.75, 3.05) is 6.61 Å². The molecule has 8 nitrogen and oxygen atoms in total. The van der Waals surface area contributed by atoms with E-state index in [4.69, 9.17) is 9.15 Å². The summed E-state index contributed by atoms with van der Waals surface area (Å²) in [7, 11) is 0. The molecule has 3 aromatic heterocycles. The van der Waals surface area contributed by atoms with Gasteiger partial charge in [-0.1, -0.05) is 6.07 Å². The van der Waals surface area contributed by atoms with E-state index in [1.807, 2.05) is 17.5 Å². The molecule has 0 N–H and O–H groups in total. The number of ether oxygens (including phenoxy) is 1. The van der Waals surface area contributed by atoms with E-state index in [9.17, 15) is 13.6 Å². The van der Waals surface area contributed by atoms with Crippen LogP contribution in [0.2, 0.25) is 0 Å². The fraction of sp³-hybridized carbons (Fsp3) is 0.188. The van der Waals surface area contributed by atoms with Gasteiger partial charge in [0.1, 0.15) is 12.3 Å². The highest BCUT2D eigenvalue weighted by Crippen LogP contribution is 2.23. The van der Waals surface area contributed by atoms with Gasteiger partial charge in [0.15, 0.2) is 0 Å². The predicted octanol–water partition coefficient (Wildman–Crippen LogP) is 3.49. The lowest BCUT2D eigenvalue weighted by Gasteiger charge is -2.22. The highest BCUT2D eigenvalue weighted by atomic mass is 32.1. The minimum atomic E-state index is -2.83. The minimum absolute atomic E-state index is 0.0558. The van der Waals surface area contributed by atoms with Crippen LogP contribution in [0.4, 0.5) is 13.6 Å². The van der Waals surface area contributed by atoms with Gasteiger partial charge in [0.25, 0.3) is 5.89 Å². The number of hydrogen-bond donors (Lipinski definition) is 0. The molecule has 0 atom stereocenters. The lowest BCUT2D eigenvalue weighted by Crippen LogP contribution is -2.35. The molecule has 0 spiro atoms. The Labute approximate surface area is 155 Å². The van der Waals surface area contributed by atoms with Crippen molar-refractivity contribution in [3.05, 3.63) is 52.3 Å². The zero-order valence-corrected chi connectivity index (χ0v) is 14.4. The van der Waals surface area contributed by atoms with E-state index in [0.717, 1.165) is 4.88 Å². The van der Waals surface area contributed by atoms with Gasteiger partial charge in [-0.3, -0.25) is 4.98 Å². The highest BCUT2D eigenvalue weighted by molar-refractivity contribution is 7.12. The van der Waals surface area contributed by atoms with E-state index in [-0.39, 0.29) is 19.0 Å². The average Bonchev–Trinajstić information content (AvgIpc) is 3.36. The van der Waals surface area contributed by atoms with Crippen molar-refractivity contribution in [1.29, 1.82) is 0 Å². The maximum atomic E-state index is 12.5. The number of carbonyl (C=O) groups is 1. The van der Waals surface area contributed by atoms with Crippen LogP contribution in [0, 0.1) is 0 Å². The highest BCUT2D eigenvalue weighted by Gasteiger charge is 2.24. The number of amides is 1. The van der Waals surface area contributed by atoms with E-state index < -0.39 is 18.4 Å². The molecule has 1 aliphatic heterocycles. The Morgan fingerprint density at radius 1 is 1.26 bits per heavy atom. The first kappa shape index (κ1) is 17.2. The molecule has 3 aromatic rings. The molecular weight excluding hydrogens is 380 g/mol. The molecule has 0 saturated carbocycles. The fourth-order valence-corrected chi connectivity index (χ4v) is 3.02. The summed E-state index contributed by atoms with van der Waals surface area (Å²) in [6.07, 6.45) is -2.00. The van der Waals surface area contributed by atoms with Crippen LogP contribution in [-0.2, 0) is 11.3 Å². The molecule has 4 rings (SSSR count). The molecule has 27 heavy (non-hydrogen) atoms. The lowest BCUT2D eigenvalue weighted by molar-refractivity contribution is 0.104. The Morgan fingerprint density at radius 2 is 2.15 bits per heavy atom. The van der Waals surface area contributed by atoms with Gasteiger partial charge in [0.05, 0.1) is 22.7 Å². The number of halogens is 2. The number of hydrogen-bond acceptors (Lipinski definition) is 8. The molecule has 11 heteroatoms. The van der Waals surface area contributed by atoms with Gasteiger partial charge in [-0.2, -0.15) is 18.9 Å². The summed E-state index contributed by atoms with van der Waals surface area (Å²) in [6, 6.07) is 6.99. The standard InChI is InChI=1S/C16H11F2N5O3S/c17-13(18)15-21-20-14(26-15)9-3-4-10(19-6-9)7-23-16(24)25-8-11(22-23)12-2-1-5-27-12/h1-6,13H,7-8H2. The number of cyclic esters (lactones) is 1. The van der Waals surface area contributed by atoms with Gasteiger partial charge in [-0.05, 0) is 23.6 Å². The van der Waals surface area contributed by atoms with Gasteiger partial charge in [-0.15, -0.1) is 21.5 Å². The number of thiophene rings is 1. The van der Waals surface area contributed by atoms with Crippen LogP contribution in [-0.4, -0.2) is 38.6 Å². The Bertz CT molecular complexity index is 972. The van der Waals surface area contributed by atoms with E-state index in [2.05, 4.69) is 20.3 Å². The molecule has 1 amide bonds. The van der Waals surface area contributed by atoms with Crippen molar-refractivity contribution in [3.8, 4) is 11.5 Å². The van der Waals surface area contributed by atoms with Gasteiger partial charge in [-0.25, -0.2) is 4.79 Å². The summed E-state index contributed by atoms with van der Waals surface area (Å²) in [5, 5.41) is 14.3. The van der Waals surface area contributed by atoms with Crippen molar-refractivity contribution in [3.63, 3.8) is 0 Å². The van der Waals surface area contributed by atoms with Crippen LogP contribution in [0.5, 0.6) is 0 Å². The van der Waals surface area contributed by atoms with Gasteiger partial charge >= 0.3 is 12.5 Å². The monoisotopic (exact) mass is 391 g/mol. The first-order valence-corrected chi connectivity index (χ1v) is 8.60. The van der Waals surface area contributed by atoms with Crippen LogP contribution in [0.3, 0.4) is 0 Å². The van der Waals surface area contributed by atoms with Gasteiger partial charge in [0, 0.05) is 6.20 Å². The topological polar surface area (TPSA) is 93.7 Å². The van der Waals surface area contributed by atoms with E-state index in [0.29, 0.717) is 17.0 Å². The number of aromatic nitrogens is 3. The Balaban J connectivity index is 1.50. The summed E-state index contributed by atoms with van der Waals surface area (Å²) in [6.45, 7) is 0.214. The number of rotatable bonds is 5. The maximum absolute atomic E-state index is 12.5. The molecular formula is C16H11F2N5O3S. The van der Waals surface area contributed by atoms with Crippen molar-refractivity contribution < 1.29 is 22.7 Å². The molecule has 1 aliphatic rings. The van der Waals surface area contributed by atoms with E-state index in [1.165, 1.54) is 22.5 Å². The van der Waals surface area contributed by atoms with Crippen LogP contribution >= 0.6 is 11.3 Å². The molecule has 0 saturated heterocycles. The zero-order chi connectivity index (χ0) is 18.8. The molecule has 4 heterocycles. The molecule has 0 aliphatic carbocycles. The number of carbonyl (C=O) groups excluding carboxylic acids is 1. The second kappa shape index (κ2) is 7.19. The van der Waals surface area contributed by atoms with Gasteiger partial charge in [0.2, 0.25) is 5.89 Å². The van der Waals surface area contributed by atoms with Crippen LogP contribution in [0.15, 0.2) is 45.4 Å². The second-order valence-electron chi connectivity index (χ2n) is 5.42. The average molecular weight is 391 g/mol. The van der Waals surface area contributed by atoms with Crippen LogP contribution < -0.4 is 0 Å². The van der Waals surface area contributed by atoms with Crippen molar-refractivity contribution in [2.45, 2.75) is 13.0 Å². The van der Waals surface area contributed by atoms with Gasteiger partial charge < -0.3 is 9.15 Å². The number of hydrazone groups is 1. The normalized spacial score (nSPS) is 14.4. The Morgan fingerprint density at radius 3 is 2.81 bits per heavy atom. The molecule has 0 unspecified atom stereocenters. The van der Waals surface area contributed by atoms with Crippen LogP contribution in [0.1, 0.15) is 22.9 Å². The molecule has 0 radical (unpaired) electrons. The first-order valence-electron chi connectivity index (χ1n) is 7.72. The first-order chi connectivity index (χ1) is 13.1. The van der Waals surface area contributed by atoms with Crippen molar-refractivity contribution >= 4 is 23.1 Å². The number of alkyl halides is 2. The SMILES string of the molecule is O=C1OCC(c2cccs2)=NN1Cc1ccc(-c2nnc(C(F)F)o2)cn1. The fourth-order valence-electron chi connectivity index (χ4n) is 2.32. The third kappa shape index (κ3) is 3.67. The molecule has 0 aromatic carbocycles. The van der Waals surface area contributed by atoms with Crippen molar-refractivity contribution in [1.82, 2.24) is 20.2 Å². The summed E-state index contributed by atoms with van der Waals surface area (Å²) < 4.78 is 35.1. The lowest BCUT2D eigenvalue weighted by atomic mass is 10.2. The maximum Gasteiger partial charge on any atom is 0.431 e. The van der Waals surface area contributed by atoms with E-state index in [1.54, 1.807) is 12.1 Å². The Hall–Kier alpha value is -3.21. The number of nitrogens with zero attached hydrogens (tertiary/aromatic N) is 5. The van der Waals surface area contributed by atoms with Crippen molar-refractivity contribution in [2.24, 2.45) is 5.10 Å². The summed E-state index contributed by atoms with van der Waals surface area (Å²) in [4.78, 5) is 17.0. The molecule has 0 bridgehead atoms. The summed E-state index contributed by atoms with van der Waals surface area (Å²) in [5.74, 6) is -0.805. The largest absolute Gasteiger partial charge is 0.441 e. The minimum Gasteiger partial charge on any atom is -0.441 e. The quantitative estimate of drug-likeness (QED) is 0.661. The summed E-state index contributed by atoms with van der Waals surface area (Å²) >= 11 is 1.50.